The first-order chi connectivity index (χ1) is 10.8. The van der Waals surface area contributed by atoms with Crippen LogP contribution < -0.4 is 9.80 Å². The van der Waals surface area contributed by atoms with E-state index in [0.29, 0.717) is 6.54 Å². The predicted octanol–water partition coefficient (Wildman–Crippen LogP) is 0.805. The van der Waals surface area contributed by atoms with Gasteiger partial charge in [-0.1, -0.05) is 23.7 Å². The van der Waals surface area contributed by atoms with Crippen molar-refractivity contribution in [2.45, 2.75) is 19.4 Å². The molecule has 1 saturated heterocycles. The number of hydrogen-bond donors (Lipinski definition) is 1. The first kappa shape index (κ1) is 17.6. The van der Waals surface area contributed by atoms with Crippen LogP contribution >= 0.6 is 11.6 Å². The van der Waals surface area contributed by atoms with Crippen LogP contribution in [-0.4, -0.2) is 56.1 Å². The van der Waals surface area contributed by atoms with Gasteiger partial charge in [-0.15, -0.1) is 0 Å². The first-order valence-electron chi connectivity index (χ1n) is 7.86. The van der Waals surface area contributed by atoms with Crippen LogP contribution in [0.25, 0.3) is 0 Å². The molecule has 0 aliphatic carbocycles. The van der Waals surface area contributed by atoms with Gasteiger partial charge in [0.25, 0.3) is 5.91 Å². The van der Waals surface area contributed by atoms with Crippen LogP contribution in [-0.2, 0) is 4.79 Å². The van der Waals surface area contributed by atoms with Crippen molar-refractivity contribution >= 4 is 23.2 Å². The number of nitriles is 1. The zero-order valence-corrected chi connectivity index (χ0v) is 14.7. The summed E-state index contributed by atoms with van der Waals surface area (Å²) in [5.74, 6) is 0.0118. The molecule has 1 amide bonds. The zero-order valence-electron chi connectivity index (χ0n) is 14.0. The van der Waals surface area contributed by atoms with Crippen molar-refractivity contribution in [3.63, 3.8) is 0 Å². The number of likely N-dealkylation sites (N-methyl/N-ethyl adjacent to an activating group) is 1. The highest BCUT2D eigenvalue weighted by Gasteiger charge is 2.31. The molecule has 1 aromatic rings. The van der Waals surface area contributed by atoms with E-state index in [0.717, 1.165) is 36.9 Å². The Bertz CT molecular complexity index is 603. The number of nitrogens with one attached hydrogen (secondary N) is 1. The first-order valence-corrected chi connectivity index (χ1v) is 8.24. The molecular formula is C17H24ClN4O+. The fourth-order valence-corrected chi connectivity index (χ4v) is 2.92. The van der Waals surface area contributed by atoms with Gasteiger partial charge in [0.1, 0.15) is 5.54 Å². The standard InChI is InChI=1S/C17H23ClN4O/c1-17(2,13-19)20(3)16(23)12-21-8-10-22(11-9-21)15-7-5-4-6-14(15)18/h4-7H,8-12H2,1-3H3/p+1. The van der Waals surface area contributed by atoms with Gasteiger partial charge < -0.3 is 14.7 Å². The number of hydrogen-bond acceptors (Lipinski definition) is 3. The Balaban J connectivity index is 1.89. The number of anilines is 1. The third-order valence-corrected chi connectivity index (χ3v) is 4.87. The summed E-state index contributed by atoms with van der Waals surface area (Å²) < 4.78 is 0. The lowest BCUT2D eigenvalue weighted by Crippen LogP contribution is -3.16. The average molecular weight is 336 g/mol. The molecule has 1 N–H and O–H groups in total. The Kier molecular flexibility index (Phi) is 5.51. The van der Waals surface area contributed by atoms with Crippen molar-refractivity contribution in [3.8, 4) is 6.07 Å². The minimum absolute atomic E-state index is 0.0118. The maximum atomic E-state index is 12.3. The number of piperazine rings is 1. The normalized spacial score (nSPS) is 16.0. The van der Waals surface area contributed by atoms with Crippen LogP contribution in [0.4, 0.5) is 5.69 Å². The van der Waals surface area contributed by atoms with E-state index < -0.39 is 5.54 Å². The van der Waals surface area contributed by atoms with Gasteiger partial charge in [0.15, 0.2) is 6.54 Å². The summed E-state index contributed by atoms with van der Waals surface area (Å²) in [5, 5.41) is 9.90. The summed E-state index contributed by atoms with van der Waals surface area (Å²) in [7, 11) is 1.70. The number of nitrogens with zero attached hydrogens (tertiary/aromatic N) is 3. The van der Waals surface area contributed by atoms with Gasteiger partial charge >= 0.3 is 0 Å². The van der Waals surface area contributed by atoms with Crippen molar-refractivity contribution in [1.29, 1.82) is 5.26 Å². The van der Waals surface area contributed by atoms with Gasteiger partial charge in [-0.25, -0.2) is 0 Å². The third-order valence-electron chi connectivity index (χ3n) is 4.55. The molecule has 1 fully saturated rings. The smallest absolute Gasteiger partial charge is 0.278 e. The Morgan fingerprint density at radius 3 is 2.57 bits per heavy atom. The summed E-state index contributed by atoms with van der Waals surface area (Å²) in [4.78, 5) is 17.4. The van der Waals surface area contributed by atoms with E-state index in [1.165, 1.54) is 4.90 Å². The van der Waals surface area contributed by atoms with Crippen LogP contribution in [0.15, 0.2) is 24.3 Å². The minimum Gasteiger partial charge on any atom is -0.359 e. The fraction of sp³-hybridized carbons (Fsp3) is 0.529. The monoisotopic (exact) mass is 335 g/mol. The maximum absolute atomic E-state index is 12.3. The fourth-order valence-electron chi connectivity index (χ4n) is 2.67. The predicted molar refractivity (Wildman–Crippen MR) is 91.7 cm³/mol. The molecule has 1 aliphatic heterocycles. The van der Waals surface area contributed by atoms with Crippen molar-refractivity contribution in [3.05, 3.63) is 29.3 Å². The molecule has 0 bridgehead atoms. The second-order valence-corrected chi connectivity index (χ2v) is 6.90. The average Bonchev–Trinajstić information content (AvgIpc) is 2.55. The highest BCUT2D eigenvalue weighted by molar-refractivity contribution is 6.33. The second-order valence-electron chi connectivity index (χ2n) is 6.49. The number of halogens is 1. The van der Waals surface area contributed by atoms with E-state index in [1.807, 2.05) is 24.3 Å². The van der Waals surface area contributed by atoms with E-state index in [-0.39, 0.29) is 5.91 Å². The lowest BCUT2D eigenvalue weighted by atomic mass is 10.1. The van der Waals surface area contributed by atoms with Crippen LogP contribution in [0, 0.1) is 11.3 Å². The molecule has 23 heavy (non-hydrogen) atoms. The molecular weight excluding hydrogens is 312 g/mol. The van der Waals surface area contributed by atoms with Gasteiger partial charge in [-0.3, -0.25) is 4.79 Å². The third kappa shape index (κ3) is 4.15. The van der Waals surface area contributed by atoms with E-state index in [4.69, 9.17) is 16.9 Å². The molecule has 0 radical (unpaired) electrons. The van der Waals surface area contributed by atoms with Gasteiger partial charge in [0, 0.05) is 7.05 Å². The van der Waals surface area contributed by atoms with Crippen LogP contribution in [0.2, 0.25) is 5.02 Å². The molecule has 2 rings (SSSR count). The lowest BCUT2D eigenvalue weighted by Gasteiger charge is -2.35. The lowest BCUT2D eigenvalue weighted by molar-refractivity contribution is -0.892. The zero-order chi connectivity index (χ0) is 17.0. The van der Waals surface area contributed by atoms with Crippen LogP contribution in [0.1, 0.15) is 13.8 Å². The number of carbonyl (C=O) groups excluding carboxylic acids is 1. The number of amides is 1. The van der Waals surface area contributed by atoms with Crippen molar-refractivity contribution in [2.24, 2.45) is 0 Å². The maximum Gasteiger partial charge on any atom is 0.278 e. The van der Waals surface area contributed by atoms with E-state index in [9.17, 15) is 4.79 Å². The van der Waals surface area contributed by atoms with Gasteiger partial charge in [0.05, 0.1) is 43.0 Å². The summed E-state index contributed by atoms with van der Waals surface area (Å²) in [6, 6.07) is 10.0. The Hall–Kier alpha value is -1.77. The molecule has 0 spiro atoms. The minimum atomic E-state index is -0.768. The van der Waals surface area contributed by atoms with Crippen molar-refractivity contribution < 1.29 is 9.69 Å². The van der Waals surface area contributed by atoms with E-state index in [2.05, 4.69) is 11.0 Å². The van der Waals surface area contributed by atoms with E-state index in [1.54, 1.807) is 25.8 Å². The Morgan fingerprint density at radius 1 is 1.39 bits per heavy atom. The van der Waals surface area contributed by atoms with Gasteiger partial charge in [0.2, 0.25) is 0 Å². The number of benzene rings is 1. The molecule has 0 saturated carbocycles. The summed E-state index contributed by atoms with van der Waals surface area (Å²) in [6.07, 6.45) is 0. The van der Waals surface area contributed by atoms with Crippen LogP contribution in [0.5, 0.6) is 0 Å². The number of para-hydroxylation sites is 1. The topological polar surface area (TPSA) is 51.8 Å². The van der Waals surface area contributed by atoms with Crippen molar-refractivity contribution in [1.82, 2.24) is 4.90 Å². The highest BCUT2D eigenvalue weighted by atomic mass is 35.5. The molecule has 0 atom stereocenters. The number of rotatable bonds is 4. The van der Waals surface area contributed by atoms with Crippen LogP contribution in [0.3, 0.4) is 0 Å². The number of carbonyl (C=O) groups is 1. The molecule has 5 nitrogen and oxygen atoms in total. The quantitative estimate of drug-likeness (QED) is 0.885. The molecule has 1 aliphatic rings. The largest absolute Gasteiger partial charge is 0.359 e. The Labute approximate surface area is 143 Å². The summed E-state index contributed by atoms with van der Waals surface area (Å²) in [5.41, 5.74) is 0.290. The molecule has 124 valence electrons. The van der Waals surface area contributed by atoms with Gasteiger partial charge in [-0.2, -0.15) is 5.26 Å². The Morgan fingerprint density at radius 2 is 2.00 bits per heavy atom. The number of quaternary nitrogens is 1. The molecule has 1 aromatic carbocycles. The molecule has 0 unspecified atom stereocenters. The molecule has 0 aromatic heterocycles. The summed E-state index contributed by atoms with van der Waals surface area (Å²) >= 11 is 6.25. The van der Waals surface area contributed by atoms with Gasteiger partial charge in [-0.05, 0) is 26.0 Å². The molecule has 1 heterocycles. The summed E-state index contributed by atoms with van der Waals surface area (Å²) in [6.45, 7) is 7.47. The second kappa shape index (κ2) is 7.20. The highest BCUT2D eigenvalue weighted by Crippen LogP contribution is 2.24. The van der Waals surface area contributed by atoms with Crippen molar-refractivity contribution in [2.75, 3.05) is 44.7 Å². The molecule has 6 heteroatoms. The SMILES string of the molecule is CN(C(=O)C[NH+]1CCN(c2ccccc2Cl)CC1)C(C)(C)C#N. The van der Waals surface area contributed by atoms with E-state index >= 15 is 0 Å².